The Bertz CT molecular complexity index is 630. The number of nitrogens with zero attached hydrogens (tertiary/aromatic N) is 1. The van der Waals surface area contributed by atoms with Crippen molar-refractivity contribution < 1.29 is 9.13 Å². The van der Waals surface area contributed by atoms with Gasteiger partial charge in [-0.1, -0.05) is 24.3 Å². The van der Waals surface area contributed by atoms with Crippen molar-refractivity contribution in [3.8, 4) is 5.75 Å². The minimum Gasteiger partial charge on any atom is -0.486 e. The van der Waals surface area contributed by atoms with Gasteiger partial charge in [0.15, 0.2) is 0 Å². The number of aryl methyl sites for hydroxylation is 1. The molecule has 2 aromatic rings. The average Bonchev–Trinajstić information content (AvgIpc) is 2.70. The van der Waals surface area contributed by atoms with Crippen molar-refractivity contribution in [3.05, 3.63) is 65.5 Å². The lowest BCUT2D eigenvalue weighted by atomic mass is 10.0. The highest BCUT2D eigenvalue weighted by Gasteiger charge is 2.26. The highest BCUT2D eigenvalue weighted by Crippen LogP contribution is 2.34. The highest BCUT2D eigenvalue weighted by atomic mass is 35.5. The third-order valence-corrected chi connectivity index (χ3v) is 4.46. The molecular weight excluding hydrogens is 313 g/mol. The molecule has 124 valence electrons. The Morgan fingerprint density at radius 3 is 2.43 bits per heavy atom. The number of hydrogen-bond acceptors (Lipinski definition) is 2. The zero-order valence-electron chi connectivity index (χ0n) is 13.5. The van der Waals surface area contributed by atoms with Gasteiger partial charge in [0.05, 0.1) is 0 Å². The first-order chi connectivity index (χ1) is 10.6. The predicted molar refractivity (Wildman–Crippen MR) is 93.9 cm³/mol. The minimum atomic E-state index is -0.236. The van der Waals surface area contributed by atoms with Gasteiger partial charge in [0.1, 0.15) is 17.7 Å². The summed E-state index contributed by atoms with van der Waals surface area (Å²) in [5, 5.41) is 0. The van der Waals surface area contributed by atoms with E-state index >= 15 is 0 Å². The maximum atomic E-state index is 13.1. The van der Waals surface area contributed by atoms with Gasteiger partial charge >= 0.3 is 0 Å². The van der Waals surface area contributed by atoms with Crippen molar-refractivity contribution in [1.82, 2.24) is 4.90 Å². The van der Waals surface area contributed by atoms with Crippen molar-refractivity contribution in [2.45, 2.75) is 31.4 Å². The van der Waals surface area contributed by atoms with Crippen LogP contribution in [0.4, 0.5) is 4.39 Å². The van der Waals surface area contributed by atoms with Crippen LogP contribution in [0.25, 0.3) is 0 Å². The third-order valence-electron chi connectivity index (χ3n) is 4.46. The summed E-state index contributed by atoms with van der Waals surface area (Å²) in [5.74, 6) is 0.486. The van der Waals surface area contributed by atoms with Gasteiger partial charge in [0.2, 0.25) is 0 Å². The Kier molecular flexibility index (Phi) is 6.03. The normalized spacial score (nSPS) is 20.3. The number of hydrogen-bond donors (Lipinski definition) is 0. The number of benzene rings is 2. The third kappa shape index (κ3) is 4.24. The van der Waals surface area contributed by atoms with Gasteiger partial charge in [-0.2, -0.15) is 0 Å². The summed E-state index contributed by atoms with van der Waals surface area (Å²) in [6, 6.07) is 15.3. The van der Waals surface area contributed by atoms with E-state index in [0.29, 0.717) is 6.04 Å². The molecule has 23 heavy (non-hydrogen) atoms. The fraction of sp³-hybridized carbons (Fsp3) is 0.368. The van der Waals surface area contributed by atoms with E-state index in [0.717, 1.165) is 25.0 Å². The van der Waals surface area contributed by atoms with E-state index in [9.17, 15) is 4.39 Å². The number of halogens is 2. The maximum absolute atomic E-state index is 13.1. The molecule has 0 heterocycles. The van der Waals surface area contributed by atoms with Crippen LogP contribution < -0.4 is 4.74 Å². The number of fused-ring (bicyclic) bond motifs is 1. The molecule has 0 unspecified atom stereocenters. The fourth-order valence-corrected chi connectivity index (χ4v) is 3.15. The molecular formula is C19H23ClFNO. The van der Waals surface area contributed by atoms with Crippen molar-refractivity contribution in [2.24, 2.45) is 0 Å². The van der Waals surface area contributed by atoms with Gasteiger partial charge in [-0.3, -0.25) is 0 Å². The Labute approximate surface area is 143 Å². The molecule has 0 amide bonds. The van der Waals surface area contributed by atoms with Crippen LogP contribution >= 0.6 is 12.4 Å². The lowest BCUT2D eigenvalue weighted by molar-refractivity contribution is 0.146. The number of ether oxygens (including phenoxy) is 1. The molecule has 0 bridgehead atoms. The molecule has 0 saturated carbocycles. The predicted octanol–water partition coefficient (Wildman–Crippen LogP) is 4.63. The summed E-state index contributed by atoms with van der Waals surface area (Å²) in [6.45, 7) is 0. The molecule has 0 spiro atoms. The lowest BCUT2D eigenvalue weighted by Crippen LogP contribution is -2.30. The zero-order valence-corrected chi connectivity index (χ0v) is 14.4. The van der Waals surface area contributed by atoms with Crippen LogP contribution in [0.15, 0.2) is 48.5 Å². The van der Waals surface area contributed by atoms with Crippen LogP contribution in [-0.4, -0.2) is 25.0 Å². The van der Waals surface area contributed by atoms with Gasteiger partial charge < -0.3 is 9.64 Å². The van der Waals surface area contributed by atoms with Crippen LogP contribution in [0.2, 0.25) is 0 Å². The highest BCUT2D eigenvalue weighted by molar-refractivity contribution is 5.85. The Hall–Kier alpha value is -1.58. The molecule has 1 aliphatic rings. The average molecular weight is 336 g/mol. The van der Waals surface area contributed by atoms with Crippen LogP contribution in [-0.2, 0) is 6.42 Å². The van der Waals surface area contributed by atoms with Gasteiger partial charge in [0.25, 0.3) is 0 Å². The van der Waals surface area contributed by atoms with E-state index in [4.69, 9.17) is 4.74 Å². The molecule has 0 radical (unpaired) electrons. The van der Waals surface area contributed by atoms with Gasteiger partial charge in [-0.05, 0) is 62.3 Å². The van der Waals surface area contributed by atoms with Crippen molar-refractivity contribution >= 4 is 12.4 Å². The summed E-state index contributed by atoms with van der Waals surface area (Å²) in [5.41, 5.74) is 2.62. The zero-order chi connectivity index (χ0) is 15.5. The molecule has 0 aliphatic heterocycles. The molecule has 0 N–H and O–H groups in total. The first kappa shape index (κ1) is 17.8. The summed E-state index contributed by atoms with van der Waals surface area (Å²) >= 11 is 0. The Morgan fingerprint density at radius 1 is 1.04 bits per heavy atom. The van der Waals surface area contributed by atoms with Crippen molar-refractivity contribution in [1.29, 1.82) is 0 Å². The summed E-state index contributed by atoms with van der Waals surface area (Å²) in [4.78, 5) is 2.27. The Balaban J connectivity index is 0.00000192. The monoisotopic (exact) mass is 335 g/mol. The summed E-state index contributed by atoms with van der Waals surface area (Å²) < 4.78 is 19.3. The van der Waals surface area contributed by atoms with E-state index in [1.54, 1.807) is 12.1 Å². The SMILES string of the molecule is CN(C)[C@@H]1CCc2ccccc2[C@H](Oc2ccc(F)cc2)C1.Cl. The molecule has 2 aromatic carbocycles. The molecule has 1 aliphatic carbocycles. The van der Waals surface area contributed by atoms with Crippen LogP contribution in [0.1, 0.15) is 30.1 Å². The smallest absolute Gasteiger partial charge is 0.125 e. The molecule has 0 saturated heterocycles. The molecule has 4 heteroatoms. The second-order valence-corrected chi connectivity index (χ2v) is 6.15. The van der Waals surface area contributed by atoms with E-state index in [1.807, 2.05) is 0 Å². The first-order valence-electron chi connectivity index (χ1n) is 7.80. The number of rotatable bonds is 3. The minimum absolute atomic E-state index is 0. The van der Waals surface area contributed by atoms with Crippen LogP contribution in [0.3, 0.4) is 0 Å². The topological polar surface area (TPSA) is 12.5 Å². The van der Waals surface area contributed by atoms with Crippen molar-refractivity contribution in [3.63, 3.8) is 0 Å². The molecule has 2 atom stereocenters. The van der Waals surface area contributed by atoms with E-state index < -0.39 is 0 Å². The summed E-state index contributed by atoms with van der Waals surface area (Å²) in [7, 11) is 4.24. The molecule has 0 fully saturated rings. The second-order valence-electron chi connectivity index (χ2n) is 6.15. The van der Waals surface area contributed by atoms with E-state index in [1.165, 1.54) is 23.3 Å². The fourth-order valence-electron chi connectivity index (χ4n) is 3.15. The van der Waals surface area contributed by atoms with Gasteiger partial charge in [-0.15, -0.1) is 12.4 Å². The molecule has 2 nitrogen and oxygen atoms in total. The van der Waals surface area contributed by atoms with Crippen LogP contribution in [0, 0.1) is 5.82 Å². The van der Waals surface area contributed by atoms with Crippen LogP contribution in [0.5, 0.6) is 5.75 Å². The quantitative estimate of drug-likeness (QED) is 0.758. The summed E-state index contributed by atoms with van der Waals surface area (Å²) in [6.07, 6.45) is 3.16. The molecule has 0 aromatic heterocycles. The maximum Gasteiger partial charge on any atom is 0.125 e. The lowest BCUT2D eigenvalue weighted by Gasteiger charge is -2.27. The standard InChI is InChI=1S/C19H22FNO.ClH/c1-21(2)16-10-7-14-5-3-4-6-18(14)19(13-16)22-17-11-8-15(20)9-12-17;/h3-6,8-9,11-12,16,19H,7,10,13H2,1-2H3;1H/t16-,19-;/m1./s1. The van der Waals surface area contributed by atoms with Gasteiger partial charge in [-0.25, -0.2) is 4.39 Å². The Morgan fingerprint density at radius 2 is 1.74 bits per heavy atom. The molecule has 3 rings (SSSR count). The van der Waals surface area contributed by atoms with E-state index in [-0.39, 0.29) is 24.3 Å². The second kappa shape index (κ2) is 7.80. The largest absolute Gasteiger partial charge is 0.486 e. The van der Waals surface area contributed by atoms with E-state index in [2.05, 4.69) is 43.3 Å². The van der Waals surface area contributed by atoms with Crippen molar-refractivity contribution in [2.75, 3.05) is 14.1 Å². The van der Waals surface area contributed by atoms with Gasteiger partial charge in [0, 0.05) is 12.5 Å². The first-order valence-corrected chi connectivity index (χ1v) is 7.80.